The van der Waals surface area contributed by atoms with Crippen LogP contribution in [0.5, 0.6) is 0 Å². The zero-order chi connectivity index (χ0) is 29.2. The Morgan fingerprint density at radius 2 is 0.450 bits per heavy atom. The normalized spacial score (nSPS) is 11.2. The van der Waals surface area contributed by atoms with Gasteiger partial charge in [0.05, 0.1) is 13.2 Å². The predicted molar refractivity (Wildman–Crippen MR) is 172 cm³/mol. The fourth-order valence-corrected chi connectivity index (χ4v) is 5.60. The van der Waals surface area contributed by atoms with E-state index in [0.29, 0.717) is 26.1 Å². The highest BCUT2D eigenvalue weighted by Crippen LogP contribution is 2.16. The lowest BCUT2D eigenvalue weighted by molar-refractivity contribution is -0.144. The highest BCUT2D eigenvalue weighted by atomic mass is 16.5. The quantitative estimate of drug-likeness (QED) is 0.0585. The highest BCUT2D eigenvalue weighted by molar-refractivity contribution is 5.69. The van der Waals surface area contributed by atoms with Crippen LogP contribution in [0.15, 0.2) is 0 Å². The standard InChI is InChI=1S/C36H70O4/c1-3-39-35(37)33-31-29-27-25-23-21-19-17-15-13-11-9-7-5-6-8-10-12-14-16-18-20-22-24-26-28-30-32-34-36(38)40-4-2/h3-34H2,1-2H3. The van der Waals surface area contributed by atoms with E-state index in [1.807, 2.05) is 13.8 Å². The first-order valence-electron chi connectivity index (χ1n) is 18.0. The Labute approximate surface area is 250 Å². The third-order valence-electron chi connectivity index (χ3n) is 8.12. The Morgan fingerprint density at radius 3 is 0.600 bits per heavy atom. The summed E-state index contributed by atoms with van der Waals surface area (Å²) < 4.78 is 9.93. The third kappa shape index (κ3) is 33.1. The van der Waals surface area contributed by atoms with E-state index in [2.05, 4.69) is 0 Å². The van der Waals surface area contributed by atoms with Crippen molar-refractivity contribution in [3.05, 3.63) is 0 Å². The third-order valence-corrected chi connectivity index (χ3v) is 8.12. The van der Waals surface area contributed by atoms with Crippen LogP contribution in [0.2, 0.25) is 0 Å². The van der Waals surface area contributed by atoms with Crippen LogP contribution < -0.4 is 0 Å². The number of hydrogen-bond donors (Lipinski definition) is 0. The van der Waals surface area contributed by atoms with Gasteiger partial charge >= 0.3 is 11.9 Å². The van der Waals surface area contributed by atoms with E-state index in [1.165, 1.54) is 167 Å². The summed E-state index contributed by atoms with van der Waals surface area (Å²) >= 11 is 0. The molecule has 0 aromatic heterocycles. The van der Waals surface area contributed by atoms with E-state index >= 15 is 0 Å². The van der Waals surface area contributed by atoms with Gasteiger partial charge < -0.3 is 9.47 Å². The number of carbonyl (C=O) groups is 2. The summed E-state index contributed by atoms with van der Waals surface area (Å²) in [6.45, 7) is 4.75. The van der Waals surface area contributed by atoms with Gasteiger partial charge in [0.2, 0.25) is 0 Å². The molecule has 0 aliphatic rings. The van der Waals surface area contributed by atoms with E-state index in [-0.39, 0.29) is 11.9 Å². The molecule has 0 fully saturated rings. The molecular weight excluding hydrogens is 496 g/mol. The van der Waals surface area contributed by atoms with Crippen molar-refractivity contribution in [1.29, 1.82) is 0 Å². The summed E-state index contributed by atoms with van der Waals surface area (Å²) in [6.07, 6.45) is 39.1. The van der Waals surface area contributed by atoms with E-state index in [0.717, 1.165) is 12.8 Å². The fraction of sp³-hybridized carbons (Fsp3) is 0.944. The summed E-state index contributed by atoms with van der Waals surface area (Å²) in [4.78, 5) is 22.6. The first-order chi connectivity index (χ1) is 19.7. The zero-order valence-corrected chi connectivity index (χ0v) is 27.3. The molecule has 0 bridgehead atoms. The topological polar surface area (TPSA) is 52.6 Å². The number of hydrogen-bond acceptors (Lipinski definition) is 4. The molecule has 4 nitrogen and oxygen atoms in total. The summed E-state index contributed by atoms with van der Waals surface area (Å²) in [5.41, 5.74) is 0. The van der Waals surface area contributed by atoms with Gasteiger partial charge in [-0.05, 0) is 26.7 Å². The molecule has 0 heterocycles. The average Bonchev–Trinajstić information content (AvgIpc) is 2.94. The molecule has 0 rings (SSSR count). The molecule has 0 radical (unpaired) electrons. The molecule has 0 saturated heterocycles. The number of rotatable bonds is 33. The van der Waals surface area contributed by atoms with Gasteiger partial charge in [-0.3, -0.25) is 9.59 Å². The van der Waals surface area contributed by atoms with Crippen LogP contribution in [0.25, 0.3) is 0 Å². The Bertz CT molecular complexity index is 473. The number of carbonyl (C=O) groups excluding carboxylic acids is 2. The van der Waals surface area contributed by atoms with Gasteiger partial charge in [0.15, 0.2) is 0 Å². The SMILES string of the molecule is CCOC(=O)CCCCCCCCCCCCCCCCCCCCCCCCCCCCCCC(=O)OCC. The second-order valence-electron chi connectivity index (χ2n) is 12.0. The van der Waals surface area contributed by atoms with Gasteiger partial charge in [-0.25, -0.2) is 0 Å². The van der Waals surface area contributed by atoms with Crippen LogP contribution in [-0.4, -0.2) is 25.2 Å². The first-order valence-corrected chi connectivity index (χ1v) is 18.0. The Kier molecular flexibility index (Phi) is 33.2. The maximum absolute atomic E-state index is 11.3. The van der Waals surface area contributed by atoms with Gasteiger partial charge in [-0.2, -0.15) is 0 Å². The van der Waals surface area contributed by atoms with Crippen LogP contribution in [0.4, 0.5) is 0 Å². The van der Waals surface area contributed by atoms with Crippen molar-refractivity contribution < 1.29 is 19.1 Å². The molecule has 0 aliphatic carbocycles. The Morgan fingerprint density at radius 1 is 0.300 bits per heavy atom. The molecule has 0 saturated carbocycles. The molecule has 0 aromatic carbocycles. The zero-order valence-electron chi connectivity index (χ0n) is 27.3. The van der Waals surface area contributed by atoms with Crippen molar-refractivity contribution in [2.24, 2.45) is 0 Å². The second kappa shape index (κ2) is 34.1. The smallest absolute Gasteiger partial charge is 0.305 e. The molecule has 0 unspecified atom stereocenters. The van der Waals surface area contributed by atoms with Crippen molar-refractivity contribution in [3.8, 4) is 0 Å². The molecule has 0 amide bonds. The van der Waals surface area contributed by atoms with Gasteiger partial charge in [0.1, 0.15) is 0 Å². The Hall–Kier alpha value is -1.06. The molecular formula is C36H70O4. The average molecular weight is 567 g/mol. The molecule has 4 heteroatoms. The van der Waals surface area contributed by atoms with Gasteiger partial charge in [-0.1, -0.05) is 167 Å². The molecule has 40 heavy (non-hydrogen) atoms. The van der Waals surface area contributed by atoms with E-state index in [9.17, 15) is 9.59 Å². The summed E-state index contributed by atoms with van der Waals surface area (Å²) in [7, 11) is 0. The fourth-order valence-electron chi connectivity index (χ4n) is 5.60. The van der Waals surface area contributed by atoms with Crippen LogP contribution in [0.1, 0.15) is 206 Å². The molecule has 0 N–H and O–H groups in total. The van der Waals surface area contributed by atoms with Crippen molar-refractivity contribution in [1.82, 2.24) is 0 Å². The monoisotopic (exact) mass is 567 g/mol. The van der Waals surface area contributed by atoms with Crippen molar-refractivity contribution in [3.63, 3.8) is 0 Å². The maximum Gasteiger partial charge on any atom is 0.305 e. The predicted octanol–water partition coefficient (Wildman–Crippen LogP) is 11.8. The van der Waals surface area contributed by atoms with Gasteiger partial charge in [0, 0.05) is 12.8 Å². The molecule has 0 spiro atoms. The Balaban J connectivity index is 3.07. The summed E-state index contributed by atoms with van der Waals surface area (Å²) in [5.74, 6) is -0.0637. The van der Waals surface area contributed by atoms with Crippen molar-refractivity contribution in [2.75, 3.05) is 13.2 Å². The first kappa shape index (κ1) is 38.9. The van der Waals surface area contributed by atoms with Crippen LogP contribution in [0, 0.1) is 0 Å². The summed E-state index contributed by atoms with van der Waals surface area (Å²) in [5, 5.41) is 0. The minimum atomic E-state index is -0.0318. The van der Waals surface area contributed by atoms with E-state index in [4.69, 9.17) is 9.47 Å². The van der Waals surface area contributed by atoms with Gasteiger partial charge in [0.25, 0.3) is 0 Å². The van der Waals surface area contributed by atoms with E-state index < -0.39 is 0 Å². The molecule has 0 atom stereocenters. The van der Waals surface area contributed by atoms with E-state index in [1.54, 1.807) is 0 Å². The van der Waals surface area contributed by atoms with Gasteiger partial charge in [-0.15, -0.1) is 0 Å². The lowest BCUT2D eigenvalue weighted by Crippen LogP contribution is -2.03. The molecule has 0 aliphatic heterocycles. The maximum atomic E-state index is 11.3. The van der Waals surface area contributed by atoms with Crippen LogP contribution in [-0.2, 0) is 19.1 Å². The lowest BCUT2D eigenvalue weighted by Gasteiger charge is -2.05. The number of unbranched alkanes of at least 4 members (excludes halogenated alkanes) is 27. The lowest BCUT2D eigenvalue weighted by atomic mass is 10.0. The summed E-state index contributed by atoms with van der Waals surface area (Å²) in [6, 6.07) is 0. The largest absolute Gasteiger partial charge is 0.466 e. The molecule has 0 aromatic rings. The minimum absolute atomic E-state index is 0.0318. The van der Waals surface area contributed by atoms with Crippen molar-refractivity contribution >= 4 is 11.9 Å². The highest BCUT2D eigenvalue weighted by Gasteiger charge is 2.02. The number of ether oxygens (including phenoxy) is 2. The number of esters is 2. The minimum Gasteiger partial charge on any atom is -0.466 e. The van der Waals surface area contributed by atoms with Crippen LogP contribution >= 0.6 is 0 Å². The van der Waals surface area contributed by atoms with Crippen LogP contribution in [0.3, 0.4) is 0 Å². The van der Waals surface area contributed by atoms with Crippen molar-refractivity contribution in [2.45, 2.75) is 206 Å². The molecule has 238 valence electrons. The second-order valence-corrected chi connectivity index (χ2v) is 12.0.